The number of hydrogen-bond acceptors (Lipinski definition) is 4. The number of fused-ring (bicyclic) bond motifs is 1. The highest BCUT2D eigenvalue weighted by Crippen LogP contribution is 2.20. The third-order valence-corrected chi connectivity index (χ3v) is 3.44. The van der Waals surface area contributed by atoms with Gasteiger partial charge in [0.05, 0.1) is 11.9 Å². The molecule has 0 saturated carbocycles. The summed E-state index contributed by atoms with van der Waals surface area (Å²) in [5.41, 5.74) is 1.77. The summed E-state index contributed by atoms with van der Waals surface area (Å²) in [5, 5.41) is 0. The number of aromatic nitrogens is 3. The molecule has 0 bridgehead atoms. The molecular formula is C13H12N4O3S. The number of H-pyrrole nitrogens is 1. The molecule has 108 valence electrons. The average molecular weight is 304 g/mol. The van der Waals surface area contributed by atoms with Crippen LogP contribution >= 0.6 is 0 Å². The second-order valence-corrected chi connectivity index (χ2v) is 6.36. The van der Waals surface area contributed by atoms with Gasteiger partial charge in [-0.25, -0.2) is 13.4 Å². The first-order valence-corrected chi connectivity index (χ1v) is 7.96. The Hall–Kier alpha value is -2.61. The summed E-state index contributed by atoms with van der Waals surface area (Å²) >= 11 is 0. The molecule has 0 radical (unpaired) electrons. The fourth-order valence-corrected chi connectivity index (χ4v) is 2.53. The van der Waals surface area contributed by atoms with Gasteiger partial charge in [0.15, 0.2) is 0 Å². The van der Waals surface area contributed by atoms with E-state index in [1.54, 1.807) is 41.1 Å². The number of nitrogens with one attached hydrogen (secondary N) is 2. The lowest BCUT2D eigenvalue weighted by Gasteiger charge is -2.03. The summed E-state index contributed by atoms with van der Waals surface area (Å²) in [6.07, 6.45) is 4.51. The zero-order valence-electron chi connectivity index (χ0n) is 11.1. The molecule has 0 amide bonds. The molecule has 0 unspecified atom stereocenters. The van der Waals surface area contributed by atoms with Crippen LogP contribution in [0.1, 0.15) is 0 Å². The van der Waals surface area contributed by atoms with E-state index < -0.39 is 10.0 Å². The van der Waals surface area contributed by atoms with Crippen molar-refractivity contribution in [2.24, 2.45) is 0 Å². The minimum Gasteiger partial charge on any atom is -0.292 e. The summed E-state index contributed by atoms with van der Waals surface area (Å²) in [4.78, 5) is 18.2. The number of hydrogen-bond donors (Lipinski definition) is 2. The molecule has 0 aliphatic rings. The fraction of sp³-hybridized carbons (Fsp3) is 0.0769. The van der Waals surface area contributed by atoms with Crippen molar-refractivity contribution in [2.45, 2.75) is 0 Å². The van der Waals surface area contributed by atoms with Crippen LogP contribution in [0.3, 0.4) is 0 Å². The van der Waals surface area contributed by atoms with E-state index in [-0.39, 0.29) is 5.56 Å². The zero-order valence-corrected chi connectivity index (χ0v) is 11.9. The Morgan fingerprint density at radius 2 is 1.90 bits per heavy atom. The topological polar surface area (TPSA) is 96.3 Å². The number of imidazole rings is 1. The molecule has 2 N–H and O–H groups in total. The van der Waals surface area contributed by atoms with E-state index in [0.717, 1.165) is 11.8 Å². The third kappa shape index (κ3) is 2.95. The zero-order chi connectivity index (χ0) is 15.0. The number of aromatic amines is 1. The Balaban J connectivity index is 1.97. The first-order chi connectivity index (χ1) is 9.90. The molecule has 2 heterocycles. The van der Waals surface area contributed by atoms with Crippen LogP contribution in [0.5, 0.6) is 0 Å². The largest absolute Gasteiger partial charge is 0.292 e. The van der Waals surface area contributed by atoms with Gasteiger partial charge in [-0.15, -0.1) is 0 Å². The third-order valence-electron chi connectivity index (χ3n) is 2.84. The van der Waals surface area contributed by atoms with Crippen molar-refractivity contribution in [1.29, 1.82) is 0 Å². The van der Waals surface area contributed by atoms with E-state index in [0.29, 0.717) is 17.2 Å². The number of benzene rings is 1. The lowest BCUT2D eigenvalue weighted by molar-refractivity contribution is 0.607. The van der Waals surface area contributed by atoms with Crippen LogP contribution in [-0.4, -0.2) is 29.0 Å². The highest BCUT2D eigenvalue weighted by Gasteiger charge is 2.06. The molecule has 0 aliphatic heterocycles. The van der Waals surface area contributed by atoms with E-state index >= 15 is 0 Å². The molecule has 1 aromatic carbocycles. The second-order valence-electron chi connectivity index (χ2n) is 4.61. The van der Waals surface area contributed by atoms with Gasteiger partial charge >= 0.3 is 0 Å². The SMILES string of the molecule is CS(=O)(=O)Nc1ccc(-c2cn3ccc(=O)[nH]c3n2)cc1. The summed E-state index contributed by atoms with van der Waals surface area (Å²) in [6.45, 7) is 0. The summed E-state index contributed by atoms with van der Waals surface area (Å²) in [5.74, 6) is 0.454. The lowest BCUT2D eigenvalue weighted by atomic mass is 10.1. The lowest BCUT2D eigenvalue weighted by Crippen LogP contribution is -2.09. The first kappa shape index (κ1) is 13.4. The highest BCUT2D eigenvalue weighted by atomic mass is 32.2. The normalized spacial score (nSPS) is 11.7. The van der Waals surface area contributed by atoms with Crippen molar-refractivity contribution in [3.8, 4) is 11.3 Å². The molecule has 0 spiro atoms. The molecule has 0 saturated heterocycles. The molecule has 0 atom stereocenters. The number of sulfonamides is 1. The molecule has 0 fully saturated rings. The van der Waals surface area contributed by atoms with Crippen LogP contribution < -0.4 is 10.3 Å². The van der Waals surface area contributed by atoms with Gasteiger partial charge in [0, 0.05) is 29.7 Å². The molecular weight excluding hydrogens is 292 g/mol. The summed E-state index contributed by atoms with van der Waals surface area (Å²) < 4.78 is 26.4. The van der Waals surface area contributed by atoms with Crippen molar-refractivity contribution in [2.75, 3.05) is 11.0 Å². The standard InChI is InChI=1S/C13H12N4O3S/c1-21(19,20)16-10-4-2-9(3-5-10)11-8-17-7-6-12(18)15-13(17)14-11/h2-8,16H,1H3,(H,14,15,18). The predicted molar refractivity (Wildman–Crippen MR) is 79.7 cm³/mol. The molecule has 21 heavy (non-hydrogen) atoms. The smallest absolute Gasteiger partial charge is 0.252 e. The van der Waals surface area contributed by atoms with E-state index in [4.69, 9.17) is 0 Å². The quantitative estimate of drug-likeness (QED) is 0.756. The Labute approximate surface area is 120 Å². The fourth-order valence-electron chi connectivity index (χ4n) is 1.96. The van der Waals surface area contributed by atoms with Crippen molar-refractivity contribution >= 4 is 21.5 Å². The number of nitrogens with zero attached hydrogens (tertiary/aromatic N) is 2. The first-order valence-electron chi connectivity index (χ1n) is 6.07. The van der Waals surface area contributed by atoms with Gasteiger partial charge in [0.25, 0.3) is 5.56 Å². The predicted octanol–water partition coefficient (Wildman–Crippen LogP) is 1.06. The van der Waals surface area contributed by atoms with Crippen LogP contribution in [0, 0.1) is 0 Å². The van der Waals surface area contributed by atoms with Crippen LogP contribution in [0.2, 0.25) is 0 Å². The summed E-state index contributed by atoms with van der Waals surface area (Å²) in [7, 11) is -3.29. The molecule has 2 aromatic heterocycles. The van der Waals surface area contributed by atoms with Crippen LogP contribution in [-0.2, 0) is 10.0 Å². The Kier molecular flexibility index (Phi) is 3.02. The second kappa shape index (κ2) is 4.74. The average Bonchev–Trinajstić information content (AvgIpc) is 2.80. The van der Waals surface area contributed by atoms with Gasteiger partial charge in [-0.2, -0.15) is 0 Å². The van der Waals surface area contributed by atoms with Gasteiger partial charge in [-0.3, -0.25) is 18.9 Å². The van der Waals surface area contributed by atoms with Crippen molar-refractivity contribution in [3.05, 3.63) is 53.1 Å². The summed E-state index contributed by atoms with van der Waals surface area (Å²) in [6, 6.07) is 8.24. The van der Waals surface area contributed by atoms with Crippen molar-refractivity contribution in [3.63, 3.8) is 0 Å². The van der Waals surface area contributed by atoms with Gasteiger partial charge in [0.1, 0.15) is 0 Å². The van der Waals surface area contributed by atoms with E-state index in [9.17, 15) is 13.2 Å². The number of anilines is 1. The van der Waals surface area contributed by atoms with Crippen molar-refractivity contribution in [1.82, 2.24) is 14.4 Å². The van der Waals surface area contributed by atoms with E-state index in [1.165, 1.54) is 6.07 Å². The van der Waals surface area contributed by atoms with Crippen LogP contribution in [0.15, 0.2) is 47.5 Å². The molecule has 0 aliphatic carbocycles. The van der Waals surface area contributed by atoms with E-state index in [1.807, 2.05) is 0 Å². The number of rotatable bonds is 3. The molecule has 7 nitrogen and oxygen atoms in total. The van der Waals surface area contributed by atoms with Gasteiger partial charge in [0.2, 0.25) is 15.8 Å². The van der Waals surface area contributed by atoms with Crippen LogP contribution in [0.25, 0.3) is 17.0 Å². The Bertz CT molecular complexity index is 955. The minimum atomic E-state index is -3.29. The maximum Gasteiger partial charge on any atom is 0.252 e. The minimum absolute atomic E-state index is 0.215. The highest BCUT2D eigenvalue weighted by molar-refractivity contribution is 7.92. The monoisotopic (exact) mass is 304 g/mol. The van der Waals surface area contributed by atoms with Crippen LogP contribution in [0.4, 0.5) is 5.69 Å². The maximum absolute atomic E-state index is 11.2. The molecule has 3 aromatic rings. The van der Waals surface area contributed by atoms with Gasteiger partial charge < -0.3 is 0 Å². The molecule has 3 rings (SSSR count). The molecule has 8 heteroatoms. The Morgan fingerprint density at radius 3 is 2.57 bits per heavy atom. The van der Waals surface area contributed by atoms with Crippen molar-refractivity contribution < 1.29 is 8.42 Å². The van der Waals surface area contributed by atoms with Gasteiger partial charge in [-0.05, 0) is 12.1 Å². The van der Waals surface area contributed by atoms with E-state index in [2.05, 4.69) is 14.7 Å². The van der Waals surface area contributed by atoms with Gasteiger partial charge in [-0.1, -0.05) is 12.1 Å². The maximum atomic E-state index is 11.2. The Morgan fingerprint density at radius 1 is 1.19 bits per heavy atom.